The van der Waals surface area contributed by atoms with E-state index in [0.29, 0.717) is 23.2 Å². The number of hydrogen-bond acceptors (Lipinski definition) is 2. The summed E-state index contributed by atoms with van der Waals surface area (Å²) in [6, 6.07) is 0. The third-order valence-electron chi connectivity index (χ3n) is 5.93. The molecule has 0 saturated heterocycles. The minimum atomic E-state index is -0.224. The normalized spacial score (nSPS) is 28.1. The lowest BCUT2D eigenvalue weighted by atomic mass is 9.94. The van der Waals surface area contributed by atoms with Crippen molar-refractivity contribution in [2.45, 2.75) is 65.3 Å². The Hall–Kier alpha value is -0.570. The Labute approximate surface area is 111 Å². The fraction of sp³-hybridized carbons (Fsp3) is 0.933. The first-order chi connectivity index (χ1) is 8.19. The van der Waals surface area contributed by atoms with E-state index in [1.54, 1.807) is 0 Å². The van der Waals surface area contributed by atoms with Crippen LogP contribution < -0.4 is 11.1 Å². The number of carbonyl (C=O) groups excluding carboxylic acids is 1. The lowest BCUT2D eigenvalue weighted by Crippen LogP contribution is -2.42. The van der Waals surface area contributed by atoms with Crippen LogP contribution in [-0.4, -0.2) is 18.0 Å². The van der Waals surface area contributed by atoms with E-state index in [2.05, 4.69) is 33.0 Å². The van der Waals surface area contributed by atoms with Crippen LogP contribution in [0.25, 0.3) is 0 Å². The number of nitrogens with one attached hydrogen (secondary N) is 1. The average Bonchev–Trinajstić information content (AvgIpc) is 2.57. The van der Waals surface area contributed by atoms with Crippen LogP contribution in [-0.2, 0) is 4.79 Å². The highest BCUT2D eigenvalue weighted by molar-refractivity contribution is 5.77. The van der Waals surface area contributed by atoms with Crippen molar-refractivity contribution in [2.24, 2.45) is 22.5 Å². The molecule has 3 heteroatoms. The second-order valence-corrected chi connectivity index (χ2v) is 7.55. The van der Waals surface area contributed by atoms with Crippen molar-refractivity contribution in [1.82, 2.24) is 5.32 Å². The summed E-state index contributed by atoms with van der Waals surface area (Å²) in [6.07, 6.45) is 4.85. The molecule has 0 atom stereocenters. The number of rotatable bonds is 4. The molecule has 0 unspecified atom stereocenters. The second kappa shape index (κ2) is 4.22. The van der Waals surface area contributed by atoms with Gasteiger partial charge in [0.05, 0.1) is 0 Å². The van der Waals surface area contributed by atoms with Gasteiger partial charge in [-0.05, 0) is 29.6 Å². The van der Waals surface area contributed by atoms with Gasteiger partial charge in [-0.15, -0.1) is 0 Å². The first-order valence-electron chi connectivity index (χ1n) is 7.25. The highest BCUT2D eigenvalue weighted by Crippen LogP contribution is 2.67. The summed E-state index contributed by atoms with van der Waals surface area (Å²) in [5.74, 6) is 0.726. The maximum atomic E-state index is 12.0. The molecule has 3 nitrogen and oxygen atoms in total. The van der Waals surface area contributed by atoms with Crippen LogP contribution >= 0.6 is 0 Å². The monoisotopic (exact) mass is 252 g/mol. The molecule has 0 spiro atoms. The summed E-state index contributed by atoms with van der Waals surface area (Å²) in [6.45, 7) is 9.93. The van der Waals surface area contributed by atoms with Gasteiger partial charge >= 0.3 is 0 Å². The van der Waals surface area contributed by atoms with E-state index >= 15 is 0 Å². The van der Waals surface area contributed by atoms with Gasteiger partial charge in [0, 0.05) is 18.5 Å². The summed E-state index contributed by atoms with van der Waals surface area (Å²) in [4.78, 5) is 12.0. The molecular formula is C15H28N2O. The first kappa shape index (κ1) is 13.9. The molecule has 0 bridgehead atoms. The molecule has 104 valence electrons. The lowest BCUT2D eigenvalue weighted by Gasteiger charge is -2.22. The van der Waals surface area contributed by atoms with Crippen LogP contribution in [0.3, 0.4) is 0 Å². The third kappa shape index (κ3) is 2.29. The summed E-state index contributed by atoms with van der Waals surface area (Å²) in [7, 11) is 0. The van der Waals surface area contributed by atoms with Crippen LogP contribution in [0.5, 0.6) is 0 Å². The van der Waals surface area contributed by atoms with Crippen molar-refractivity contribution in [3.8, 4) is 0 Å². The Morgan fingerprint density at radius 2 is 1.67 bits per heavy atom. The summed E-state index contributed by atoms with van der Waals surface area (Å²) in [5, 5.41) is 3.09. The summed E-state index contributed by atoms with van der Waals surface area (Å²) >= 11 is 0. The van der Waals surface area contributed by atoms with Crippen LogP contribution in [0.1, 0.15) is 59.8 Å². The zero-order chi connectivity index (χ0) is 13.6. The van der Waals surface area contributed by atoms with E-state index in [1.807, 2.05) is 0 Å². The molecule has 0 aromatic rings. The molecule has 1 amide bonds. The maximum Gasteiger partial charge on any atom is 0.221 e. The molecule has 2 aliphatic carbocycles. The molecule has 2 aliphatic rings. The van der Waals surface area contributed by atoms with Crippen LogP contribution in [0.4, 0.5) is 0 Å². The second-order valence-electron chi connectivity index (χ2n) is 7.55. The van der Waals surface area contributed by atoms with Gasteiger partial charge in [-0.25, -0.2) is 0 Å². The number of hydrogen-bond donors (Lipinski definition) is 2. The van der Waals surface area contributed by atoms with Gasteiger partial charge in [0.2, 0.25) is 5.91 Å². The van der Waals surface area contributed by atoms with Crippen LogP contribution in [0.2, 0.25) is 0 Å². The molecule has 3 N–H and O–H groups in total. The van der Waals surface area contributed by atoms with Gasteiger partial charge in [-0.3, -0.25) is 4.79 Å². The fourth-order valence-corrected chi connectivity index (χ4v) is 3.70. The van der Waals surface area contributed by atoms with E-state index in [9.17, 15) is 4.79 Å². The number of carbonyl (C=O) groups is 1. The highest BCUT2D eigenvalue weighted by atomic mass is 16.1. The molecule has 0 heterocycles. The minimum absolute atomic E-state index is 0.137. The predicted molar refractivity (Wildman–Crippen MR) is 74.1 cm³/mol. The zero-order valence-corrected chi connectivity index (χ0v) is 12.3. The molecule has 0 radical (unpaired) electrons. The lowest BCUT2D eigenvalue weighted by molar-refractivity contribution is -0.122. The van der Waals surface area contributed by atoms with Crippen molar-refractivity contribution in [2.75, 3.05) is 6.54 Å². The van der Waals surface area contributed by atoms with Crippen LogP contribution in [0.15, 0.2) is 0 Å². The van der Waals surface area contributed by atoms with Crippen molar-refractivity contribution in [3.05, 3.63) is 0 Å². The zero-order valence-electron chi connectivity index (χ0n) is 12.3. The molecule has 0 aromatic carbocycles. The van der Waals surface area contributed by atoms with Crippen LogP contribution in [0, 0.1) is 16.7 Å². The highest BCUT2D eigenvalue weighted by Gasteiger charge is 2.64. The fourth-order valence-electron chi connectivity index (χ4n) is 3.70. The van der Waals surface area contributed by atoms with Crippen molar-refractivity contribution < 1.29 is 4.79 Å². The van der Waals surface area contributed by atoms with Gasteiger partial charge in [0.1, 0.15) is 0 Å². The van der Waals surface area contributed by atoms with Gasteiger partial charge < -0.3 is 11.1 Å². The van der Waals surface area contributed by atoms with Gasteiger partial charge in [-0.2, -0.15) is 0 Å². The Morgan fingerprint density at radius 3 is 2.11 bits per heavy atom. The van der Waals surface area contributed by atoms with E-state index in [4.69, 9.17) is 5.73 Å². The molecule has 2 rings (SSSR count). The van der Waals surface area contributed by atoms with E-state index in [1.165, 1.54) is 12.8 Å². The molecule has 2 saturated carbocycles. The standard InChI is InChI=1S/C15H28N2O/c1-13(2)11(14(13,3)4)10-17-12(18)9-15(16)7-5-6-8-15/h11H,5-10,16H2,1-4H3,(H,17,18). The summed E-state index contributed by atoms with van der Waals surface area (Å²) in [5.41, 5.74) is 6.69. The number of nitrogens with two attached hydrogens (primary N) is 1. The topological polar surface area (TPSA) is 55.1 Å². The van der Waals surface area contributed by atoms with Gasteiger partial charge in [0.15, 0.2) is 0 Å². The van der Waals surface area contributed by atoms with E-state index < -0.39 is 0 Å². The minimum Gasteiger partial charge on any atom is -0.356 e. The molecular weight excluding hydrogens is 224 g/mol. The molecule has 2 fully saturated rings. The Kier molecular flexibility index (Phi) is 3.25. The van der Waals surface area contributed by atoms with Crippen molar-refractivity contribution in [3.63, 3.8) is 0 Å². The first-order valence-corrected chi connectivity index (χ1v) is 7.25. The largest absolute Gasteiger partial charge is 0.356 e. The average molecular weight is 252 g/mol. The molecule has 0 aromatic heterocycles. The Morgan fingerprint density at radius 1 is 1.17 bits per heavy atom. The Balaban J connectivity index is 1.77. The van der Waals surface area contributed by atoms with Crippen molar-refractivity contribution in [1.29, 1.82) is 0 Å². The number of amides is 1. The van der Waals surface area contributed by atoms with Gasteiger partial charge in [0.25, 0.3) is 0 Å². The van der Waals surface area contributed by atoms with Crippen molar-refractivity contribution >= 4 is 5.91 Å². The van der Waals surface area contributed by atoms with E-state index in [0.717, 1.165) is 19.4 Å². The molecule has 18 heavy (non-hydrogen) atoms. The third-order valence-corrected chi connectivity index (χ3v) is 5.93. The quantitative estimate of drug-likeness (QED) is 0.807. The van der Waals surface area contributed by atoms with E-state index in [-0.39, 0.29) is 11.4 Å². The predicted octanol–water partition coefficient (Wildman–Crippen LogP) is 2.45. The Bertz CT molecular complexity index is 326. The maximum absolute atomic E-state index is 12.0. The molecule has 0 aliphatic heterocycles. The van der Waals surface area contributed by atoms with Gasteiger partial charge in [-0.1, -0.05) is 40.5 Å². The SMILES string of the molecule is CC1(C)C(CNC(=O)CC2(N)CCCC2)C1(C)C. The smallest absolute Gasteiger partial charge is 0.221 e. The summed E-state index contributed by atoms with van der Waals surface area (Å²) < 4.78 is 0.